The molecule has 4 N–H and O–H groups in total. The van der Waals surface area contributed by atoms with Crippen LogP contribution in [0.25, 0.3) is 0 Å². The molecule has 0 aliphatic heterocycles. The second-order valence-corrected chi connectivity index (χ2v) is 8.83. The minimum absolute atomic E-state index is 0. The van der Waals surface area contributed by atoms with E-state index in [0.29, 0.717) is 12.1 Å². The van der Waals surface area contributed by atoms with Crippen LogP contribution in [0.3, 0.4) is 0 Å². The van der Waals surface area contributed by atoms with E-state index in [4.69, 9.17) is 11.5 Å². The molecule has 0 bridgehead atoms. The van der Waals surface area contributed by atoms with Crippen molar-refractivity contribution in [3.63, 3.8) is 0 Å². The first-order chi connectivity index (χ1) is 17.5. The Labute approximate surface area is 240 Å². The number of benzene rings is 3. The van der Waals surface area contributed by atoms with Crippen LogP contribution in [0.4, 0.5) is 47.3 Å². The summed E-state index contributed by atoms with van der Waals surface area (Å²) in [6.07, 6.45) is 0. The lowest BCUT2D eigenvalue weighted by Gasteiger charge is -1.98. The van der Waals surface area contributed by atoms with Gasteiger partial charge in [-0.3, -0.25) is 40.5 Å². The number of hydrogen-bond donors (Lipinski definition) is 2. The van der Waals surface area contributed by atoms with Gasteiger partial charge >= 0.3 is 0 Å². The minimum Gasteiger partial charge on any atom is -0.398 e. The van der Waals surface area contributed by atoms with Gasteiger partial charge in [-0.25, -0.2) is 13.2 Å². The third-order valence-corrected chi connectivity index (χ3v) is 6.29. The summed E-state index contributed by atoms with van der Waals surface area (Å²) in [5.41, 5.74) is 8.47. The molecule has 0 spiro atoms. The average Bonchev–Trinajstić information content (AvgIpc) is 2.81. The molecule has 210 valence electrons. The summed E-state index contributed by atoms with van der Waals surface area (Å²) >= 11 is 8.21. The second-order valence-electron chi connectivity index (χ2n) is 6.46. The fourth-order valence-electron chi connectivity index (χ4n) is 2.23. The molecule has 3 aromatic rings. The number of anilines is 2. The molecule has 0 atom stereocenters. The first kappa shape index (κ1) is 35.1. The standard InChI is InChI=1S/C6H2BrFN2O4.2C6H4BrFN2O2.CH4/c7-6-4(8)1-3(9(11)12)2-5(6)10(13)14;7-6-4(8)1-3(10(11)12)2-5(6)9;7-6-4(8)1-3(9)2-5(6)10(11)12;/h1-2H;2*1-2H,9H2;1H4. The van der Waals surface area contributed by atoms with Gasteiger partial charge in [0.05, 0.1) is 48.1 Å². The molecule has 0 saturated heterocycles. The number of rotatable bonds is 4. The molecular formula is C19H14Br3F3N6O8. The summed E-state index contributed by atoms with van der Waals surface area (Å²) < 4.78 is 37.9. The highest BCUT2D eigenvalue weighted by atomic mass is 79.9. The van der Waals surface area contributed by atoms with Crippen molar-refractivity contribution in [2.45, 2.75) is 7.43 Å². The maximum absolute atomic E-state index is 12.9. The molecule has 0 aromatic heterocycles. The quantitative estimate of drug-likeness (QED) is 0.155. The van der Waals surface area contributed by atoms with Crippen LogP contribution < -0.4 is 11.5 Å². The zero-order chi connectivity index (χ0) is 29.5. The van der Waals surface area contributed by atoms with E-state index >= 15 is 0 Å². The lowest BCUT2D eigenvalue weighted by molar-refractivity contribution is -0.395. The Hall–Kier alpha value is -3.91. The fraction of sp³-hybridized carbons (Fsp3) is 0.0526. The zero-order valence-electron chi connectivity index (χ0n) is 17.9. The Kier molecular flexibility index (Phi) is 13.4. The number of nitrogens with two attached hydrogens (primary N) is 2. The Morgan fingerprint density at radius 2 is 0.923 bits per heavy atom. The van der Waals surface area contributed by atoms with Crippen molar-refractivity contribution < 1.29 is 32.9 Å². The van der Waals surface area contributed by atoms with Gasteiger partial charge in [0.25, 0.3) is 22.7 Å². The van der Waals surface area contributed by atoms with E-state index in [1.165, 1.54) is 0 Å². The predicted octanol–water partition coefficient (Wildman–Crippen LogP) is 7.20. The number of nitrogens with zero attached hydrogens (tertiary/aromatic N) is 4. The third-order valence-electron chi connectivity index (χ3n) is 3.88. The molecule has 0 aliphatic carbocycles. The van der Waals surface area contributed by atoms with Gasteiger partial charge in [-0.1, -0.05) is 7.43 Å². The van der Waals surface area contributed by atoms with Gasteiger partial charge in [0.2, 0.25) is 0 Å². The van der Waals surface area contributed by atoms with Gasteiger partial charge in [-0.15, -0.1) is 0 Å². The molecule has 14 nitrogen and oxygen atoms in total. The minimum atomic E-state index is -1.04. The average molecular weight is 751 g/mol. The summed E-state index contributed by atoms with van der Waals surface area (Å²) in [5, 5.41) is 41.0. The van der Waals surface area contributed by atoms with Crippen molar-refractivity contribution in [3.8, 4) is 0 Å². The van der Waals surface area contributed by atoms with Crippen LogP contribution >= 0.6 is 47.8 Å². The molecule has 20 heteroatoms. The van der Waals surface area contributed by atoms with E-state index in [-0.39, 0.29) is 39.1 Å². The normalized spacial score (nSPS) is 9.59. The number of halogens is 6. The monoisotopic (exact) mass is 748 g/mol. The largest absolute Gasteiger partial charge is 0.398 e. The van der Waals surface area contributed by atoms with E-state index in [2.05, 4.69) is 47.8 Å². The lowest BCUT2D eigenvalue weighted by atomic mass is 10.3. The SMILES string of the molecule is C.Nc1cc(F)c(Br)c([N+](=O)[O-])c1.Nc1cc([N+](=O)[O-])cc(F)c1Br.O=[N+]([O-])c1cc(F)c(Br)c([N+](=O)[O-])c1. The Balaban J connectivity index is 0.000000551. The number of nitro benzene ring substituents is 4. The summed E-state index contributed by atoms with van der Waals surface area (Å²) in [7, 11) is 0. The van der Waals surface area contributed by atoms with Crippen molar-refractivity contribution in [1.29, 1.82) is 0 Å². The fourth-order valence-corrected chi connectivity index (χ4v) is 3.20. The summed E-state index contributed by atoms with van der Waals surface area (Å²) in [5.74, 6) is -2.51. The predicted molar refractivity (Wildman–Crippen MR) is 144 cm³/mol. The molecule has 0 saturated carbocycles. The zero-order valence-corrected chi connectivity index (χ0v) is 22.7. The highest BCUT2D eigenvalue weighted by Gasteiger charge is 2.22. The molecule has 0 fully saturated rings. The van der Waals surface area contributed by atoms with E-state index in [1.807, 2.05) is 0 Å². The first-order valence-electron chi connectivity index (χ1n) is 9.03. The highest BCUT2D eigenvalue weighted by molar-refractivity contribution is 9.11. The number of nitro groups is 4. The van der Waals surface area contributed by atoms with Gasteiger partial charge in [0.1, 0.15) is 20.6 Å². The van der Waals surface area contributed by atoms with Crippen LogP contribution in [0.15, 0.2) is 49.8 Å². The lowest BCUT2D eigenvalue weighted by Crippen LogP contribution is -1.95. The van der Waals surface area contributed by atoms with Crippen molar-refractivity contribution in [3.05, 3.63) is 108 Å². The maximum atomic E-state index is 12.9. The van der Waals surface area contributed by atoms with Crippen LogP contribution in [0.2, 0.25) is 0 Å². The maximum Gasteiger partial charge on any atom is 0.293 e. The molecule has 39 heavy (non-hydrogen) atoms. The topological polar surface area (TPSA) is 225 Å². The van der Waals surface area contributed by atoms with Crippen molar-refractivity contribution in [1.82, 2.24) is 0 Å². The van der Waals surface area contributed by atoms with E-state index in [1.54, 1.807) is 0 Å². The van der Waals surface area contributed by atoms with Crippen LogP contribution in [0.5, 0.6) is 0 Å². The number of nitrogen functional groups attached to an aromatic ring is 2. The van der Waals surface area contributed by atoms with Gasteiger partial charge in [-0.2, -0.15) is 0 Å². The molecular weight excluding hydrogens is 737 g/mol. The second kappa shape index (κ2) is 14.9. The Morgan fingerprint density at radius 1 is 0.564 bits per heavy atom. The molecule has 3 rings (SSSR count). The Bertz CT molecular complexity index is 1430. The molecule has 0 aliphatic rings. The number of non-ortho nitro benzene ring substituents is 2. The third kappa shape index (κ3) is 9.72. The van der Waals surface area contributed by atoms with Gasteiger partial charge in [0.15, 0.2) is 5.82 Å². The highest BCUT2D eigenvalue weighted by Crippen LogP contribution is 2.32. The van der Waals surface area contributed by atoms with Crippen molar-refractivity contribution in [2.75, 3.05) is 11.5 Å². The van der Waals surface area contributed by atoms with Crippen LogP contribution in [0.1, 0.15) is 7.43 Å². The molecule has 0 amide bonds. The molecule has 3 aromatic carbocycles. The summed E-state index contributed by atoms with van der Waals surface area (Å²) in [6.45, 7) is 0. The van der Waals surface area contributed by atoms with Gasteiger partial charge in [0, 0.05) is 17.8 Å². The molecule has 0 radical (unpaired) electrons. The molecule has 0 heterocycles. The van der Waals surface area contributed by atoms with E-state index in [0.717, 1.165) is 24.3 Å². The number of hydrogen-bond acceptors (Lipinski definition) is 10. The van der Waals surface area contributed by atoms with Crippen LogP contribution in [-0.2, 0) is 0 Å². The van der Waals surface area contributed by atoms with Crippen LogP contribution in [-0.4, -0.2) is 19.7 Å². The summed E-state index contributed by atoms with van der Waals surface area (Å²) in [4.78, 5) is 37.8. The first-order valence-corrected chi connectivity index (χ1v) is 11.4. The molecule has 0 unspecified atom stereocenters. The van der Waals surface area contributed by atoms with E-state index < -0.39 is 53.0 Å². The Morgan fingerprint density at radius 3 is 1.31 bits per heavy atom. The van der Waals surface area contributed by atoms with Gasteiger partial charge in [-0.05, 0) is 53.9 Å². The van der Waals surface area contributed by atoms with Crippen molar-refractivity contribution >= 4 is 81.9 Å². The smallest absolute Gasteiger partial charge is 0.293 e. The van der Waals surface area contributed by atoms with E-state index in [9.17, 15) is 53.6 Å². The van der Waals surface area contributed by atoms with Crippen molar-refractivity contribution in [2.24, 2.45) is 0 Å². The van der Waals surface area contributed by atoms with Crippen LogP contribution in [0, 0.1) is 57.9 Å². The van der Waals surface area contributed by atoms with Gasteiger partial charge < -0.3 is 11.5 Å². The summed E-state index contributed by atoms with van der Waals surface area (Å²) in [6, 6.07) is 5.29.